The molecular weight excluding hydrogens is 255 g/mol. The average Bonchev–Trinajstić information content (AvgIpc) is 2.30. The second kappa shape index (κ2) is 4.86. The normalized spacial score (nSPS) is 10.5. The zero-order valence-corrected chi connectivity index (χ0v) is 10.6. The number of hydrogen-bond donors (Lipinski definition) is 2. The van der Waals surface area contributed by atoms with Gasteiger partial charge in [-0.15, -0.1) is 0 Å². The van der Waals surface area contributed by atoms with Crippen molar-refractivity contribution in [1.29, 1.82) is 0 Å². The second-order valence-corrected chi connectivity index (χ2v) is 4.68. The predicted molar refractivity (Wildman–Crippen MR) is 74.5 cm³/mol. The molecule has 0 spiro atoms. The van der Waals surface area contributed by atoms with Crippen molar-refractivity contribution in [3.63, 3.8) is 0 Å². The third-order valence-electron chi connectivity index (χ3n) is 2.63. The minimum absolute atomic E-state index is 0.558. The summed E-state index contributed by atoms with van der Waals surface area (Å²) in [5.74, 6) is 0. The average molecular weight is 267 g/mol. The third-order valence-corrected chi connectivity index (χ3v) is 3.19. The van der Waals surface area contributed by atoms with Crippen LogP contribution in [0.2, 0.25) is 10.0 Å². The van der Waals surface area contributed by atoms with Crippen LogP contribution >= 0.6 is 23.2 Å². The zero-order chi connectivity index (χ0) is 12.4. The summed E-state index contributed by atoms with van der Waals surface area (Å²) in [6.07, 6.45) is 0.624. The maximum absolute atomic E-state index is 5.97. The van der Waals surface area contributed by atoms with Gasteiger partial charge in [0.05, 0.1) is 10.7 Å². The highest BCUT2D eigenvalue weighted by Crippen LogP contribution is 2.27. The molecular formula is C13H12Cl2N2. The molecule has 0 fully saturated rings. The molecule has 0 heterocycles. The summed E-state index contributed by atoms with van der Waals surface area (Å²) in [6.45, 7) is 0. The highest BCUT2D eigenvalue weighted by atomic mass is 35.5. The molecule has 0 aromatic heterocycles. The van der Waals surface area contributed by atoms with Crippen LogP contribution in [-0.2, 0) is 6.42 Å². The molecule has 2 aromatic rings. The van der Waals surface area contributed by atoms with Crippen LogP contribution in [0.25, 0.3) is 0 Å². The second-order valence-electron chi connectivity index (χ2n) is 3.83. The molecule has 2 aromatic carbocycles. The van der Waals surface area contributed by atoms with Crippen LogP contribution in [0.1, 0.15) is 11.1 Å². The molecule has 17 heavy (non-hydrogen) atoms. The fourth-order valence-electron chi connectivity index (χ4n) is 1.67. The van der Waals surface area contributed by atoms with Crippen molar-refractivity contribution in [1.82, 2.24) is 0 Å². The van der Waals surface area contributed by atoms with E-state index in [0.717, 1.165) is 11.1 Å². The smallest absolute Gasteiger partial charge is 0.0638 e. The van der Waals surface area contributed by atoms with E-state index < -0.39 is 0 Å². The van der Waals surface area contributed by atoms with Crippen molar-refractivity contribution >= 4 is 34.6 Å². The fraction of sp³-hybridized carbons (Fsp3) is 0.0769. The van der Waals surface area contributed by atoms with E-state index in [4.69, 9.17) is 34.7 Å². The van der Waals surface area contributed by atoms with E-state index in [1.807, 2.05) is 18.2 Å². The van der Waals surface area contributed by atoms with Gasteiger partial charge in [-0.1, -0.05) is 35.3 Å². The summed E-state index contributed by atoms with van der Waals surface area (Å²) in [6, 6.07) is 11.0. The molecule has 0 radical (unpaired) electrons. The van der Waals surface area contributed by atoms with Crippen LogP contribution in [-0.4, -0.2) is 0 Å². The highest BCUT2D eigenvalue weighted by molar-refractivity contribution is 6.33. The molecule has 88 valence electrons. The van der Waals surface area contributed by atoms with Crippen molar-refractivity contribution in [2.45, 2.75) is 6.42 Å². The van der Waals surface area contributed by atoms with Crippen LogP contribution in [0, 0.1) is 0 Å². The highest BCUT2D eigenvalue weighted by Gasteiger charge is 2.07. The number of anilines is 2. The molecule has 0 aliphatic heterocycles. The Hall–Kier alpha value is -1.38. The summed E-state index contributed by atoms with van der Waals surface area (Å²) >= 11 is 11.9. The Morgan fingerprint density at radius 2 is 1.71 bits per heavy atom. The standard InChI is InChI=1S/C13H12Cl2N2/c14-10-4-5-12(16)9(7-10)6-8-2-1-3-11(15)13(8)17/h1-5,7H,6,16-17H2. The lowest BCUT2D eigenvalue weighted by atomic mass is 10.0. The quantitative estimate of drug-likeness (QED) is 0.814. The summed E-state index contributed by atoms with van der Waals surface area (Å²) in [5.41, 5.74) is 15.0. The molecule has 4 heteroatoms. The lowest BCUT2D eigenvalue weighted by molar-refractivity contribution is 1.20. The van der Waals surface area contributed by atoms with Crippen LogP contribution in [0.15, 0.2) is 36.4 Å². The topological polar surface area (TPSA) is 52.0 Å². The lowest BCUT2D eigenvalue weighted by Gasteiger charge is -2.09. The summed E-state index contributed by atoms with van der Waals surface area (Å²) in [4.78, 5) is 0. The molecule has 0 saturated heterocycles. The van der Waals surface area contributed by atoms with Crippen LogP contribution in [0.3, 0.4) is 0 Å². The number of halogens is 2. The Bertz CT molecular complexity index is 553. The number of benzene rings is 2. The summed E-state index contributed by atoms with van der Waals surface area (Å²) in [7, 11) is 0. The van der Waals surface area contributed by atoms with Crippen molar-refractivity contribution < 1.29 is 0 Å². The van der Waals surface area contributed by atoms with E-state index in [-0.39, 0.29) is 0 Å². The number of para-hydroxylation sites is 1. The Morgan fingerprint density at radius 3 is 2.47 bits per heavy atom. The van der Waals surface area contributed by atoms with Crippen LogP contribution in [0.4, 0.5) is 11.4 Å². The molecule has 0 amide bonds. The van der Waals surface area contributed by atoms with Gasteiger partial charge in [0.25, 0.3) is 0 Å². The van der Waals surface area contributed by atoms with Crippen molar-refractivity contribution in [2.24, 2.45) is 0 Å². The van der Waals surface area contributed by atoms with E-state index in [1.165, 1.54) is 0 Å². The molecule has 0 aliphatic rings. The van der Waals surface area contributed by atoms with Gasteiger partial charge in [-0.05, 0) is 35.4 Å². The van der Waals surface area contributed by atoms with Gasteiger partial charge >= 0.3 is 0 Å². The first kappa shape index (κ1) is 12.1. The largest absolute Gasteiger partial charge is 0.398 e. The molecule has 2 rings (SSSR count). The van der Waals surface area contributed by atoms with E-state index >= 15 is 0 Å². The number of nitrogens with two attached hydrogens (primary N) is 2. The number of rotatable bonds is 2. The molecule has 0 aliphatic carbocycles. The Labute approximate surface area is 110 Å². The molecule has 0 bridgehead atoms. The Balaban J connectivity index is 2.38. The van der Waals surface area contributed by atoms with Gasteiger partial charge in [-0.3, -0.25) is 0 Å². The van der Waals surface area contributed by atoms with E-state index in [1.54, 1.807) is 18.2 Å². The first-order valence-corrected chi connectivity index (χ1v) is 5.90. The van der Waals surface area contributed by atoms with Gasteiger partial charge in [0.1, 0.15) is 0 Å². The minimum atomic E-state index is 0.558. The molecule has 0 atom stereocenters. The number of nitrogen functional groups attached to an aromatic ring is 2. The van der Waals surface area contributed by atoms with Crippen molar-refractivity contribution in [3.8, 4) is 0 Å². The number of hydrogen-bond acceptors (Lipinski definition) is 2. The van der Waals surface area contributed by atoms with Crippen LogP contribution < -0.4 is 11.5 Å². The first-order chi connectivity index (χ1) is 8.08. The van der Waals surface area contributed by atoms with Gasteiger partial charge in [0.15, 0.2) is 0 Å². The maximum Gasteiger partial charge on any atom is 0.0638 e. The predicted octanol–water partition coefficient (Wildman–Crippen LogP) is 3.75. The van der Waals surface area contributed by atoms with Crippen LogP contribution in [0.5, 0.6) is 0 Å². The maximum atomic E-state index is 5.97. The third kappa shape index (κ3) is 2.65. The molecule has 4 N–H and O–H groups in total. The molecule has 2 nitrogen and oxygen atoms in total. The Kier molecular flexibility index (Phi) is 3.46. The zero-order valence-electron chi connectivity index (χ0n) is 9.08. The fourth-order valence-corrected chi connectivity index (χ4v) is 2.06. The van der Waals surface area contributed by atoms with E-state index in [2.05, 4.69) is 0 Å². The van der Waals surface area contributed by atoms with Crippen molar-refractivity contribution in [2.75, 3.05) is 11.5 Å². The SMILES string of the molecule is Nc1ccc(Cl)cc1Cc1cccc(Cl)c1N. The minimum Gasteiger partial charge on any atom is -0.398 e. The van der Waals surface area contributed by atoms with Gasteiger partial charge in [-0.2, -0.15) is 0 Å². The summed E-state index contributed by atoms with van der Waals surface area (Å²) < 4.78 is 0. The van der Waals surface area contributed by atoms with Gasteiger partial charge in [0, 0.05) is 17.1 Å². The summed E-state index contributed by atoms with van der Waals surface area (Å²) in [5, 5.41) is 1.22. The van der Waals surface area contributed by atoms with Gasteiger partial charge in [0.2, 0.25) is 0 Å². The van der Waals surface area contributed by atoms with E-state index in [0.29, 0.717) is 27.8 Å². The van der Waals surface area contributed by atoms with Gasteiger partial charge < -0.3 is 11.5 Å². The van der Waals surface area contributed by atoms with E-state index in [9.17, 15) is 0 Å². The lowest BCUT2D eigenvalue weighted by Crippen LogP contribution is -1.99. The van der Waals surface area contributed by atoms with Gasteiger partial charge in [-0.25, -0.2) is 0 Å². The monoisotopic (exact) mass is 266 g/mol. The van der Waals surface area contributed by atoms with Crippen molar-refractivity contribution in [3.05, 3.63) is 57.6 Å². The Morgan fingerprint density at radius 1 is 0.941 bits per heavy atom. The molecule has 0 saturated carbocycles. The first-order valence-electron chi connectivity index (χ1n) is 5.14. The molecule has 0 unspecified atom stereocenters.